The van der Waals surface area contributed by atoms with Gasteiger partial charge < -0.3 is 0 Å². The van der Waals surface area contributed by atoms with Gasteiger partial charge in [-0.05, 0) is 6.92 Å². The number of hydrogen-bond acceptors (Lipinski definition) is 1. The van der Waals surface area contributed by atoms with Crippen molar-refractivity contribution in [1.29, 1.82) is 0 Å². The van der Waals surface area contributed by atoms with E-state index in [9.17, 15) is 8.78 Å². The van der Waals surface area contributed by atoms with Gasteiger partial charge in [0.15, 0.2) is 0 Å². The zero-order valence-corrected chi connectivity index (χ0v) is 6.86. The van der Waals surface area contributed by atoms with E-state index in [2.05, 4.69) is 4.98 Å². The summed E-state index contributed by atoms with van der Waals surface area (Å²) in [7, 11) is 0. The third kappa shape index (κ3) is 3.07. The third-order valence-corrected chi connectivity index (χ3v) is 1.00. The summed E-state index contributed by atoms with van der Waals surface area (Å²) in [6, 6.07) is 0.759. The summed E-state index contributed by atoms with van der Waals surface area (Å²) in [6.07, 6.45) is 1.16. The minimum absolute atomic E-state index is 0.358. The number of rotatable bonds is 0. The van der Waals surface area contributed by atoms with Gasteiger partial charge in [-0.15, -0.1) is 0 Å². The second-order valence-corrected chi connectivity index (χ2v) is 1.76. The quantitative estimate of drug-likeness (QED) is 0.530. The normalized spacial score (nSPS) is 8.45. The topological polar surface area (TPSA) is 12.9 Å². The van der Waals surface area contributed by atoms with Gasteiger partial charge in [0, 0.05) is 17.8 Å². The average Bonchev–Trinajstić information content (AvgIpc) is 2.02. The molecule has 62 valence electrons. The van der Waals surface area contributed by atoms with Crippen molar-refractivity contribution in [3.8, 4) is 0 Å². The summed E-state index contributed by atoms with van der Waals surface area (Å²) in [5.74, 6) is -1.33. The van der Waals surface area contributed by atoms with Gasteiger partial charge >= 0.3 is 0 Å². The van der Waals surface area contributed by atoms with Gasteiger partial charge in [-0.1, -0.05) is 13.8 Å². The SMILES string of the molecule is CC.Cc1cnc(F)cc1F. The minimum Gasteiger partial charge on any atom is -0.228 e. The molecule has 0 N–H and O–H groups in total. The van der Waals surface area contributed by atoms with Crippen molar-refractivity contribution in [2.75, 3.05) is 0 Å². The van der Waals surface area contributed by atoms with E-state index in [-0.39, 0.29) is 0 Å². The highest BCUT2D eigenvalue weighted by Gasteiger charge is 1.97. The number of nitrogens with zero attached hydrogens (tertiary/aromatic N) is 1. The monoisotopic (exact) mass is 159 g/mol. The van der Waals surface area contributed by atoms with Crippen molar-refractivity contribution >= 4 is 0 Å². The number of hydrogen-bond donors (Lipinski definition) is 0. The van der Waals surface area contributed by atoms with Crippen molar-refractivity contribution in [2.24, 2.45) is 0 Å². The van der Waals surface area contributed by atoms with E-state index >= 15 is 0 Å². The minimum atomic E-state index is -0.780. The van der Waals surface area contributed by atoms with E-state index in [0.29, 0.717) is 5.56 Å². The summed E-state index contributed by atoms with van der Waals surface area (Å²) >= 11 is 0. The van der Waals surface area contributed by atoms with Crippen LogP contribution in [-0.2, 0) is 0 Å². The molecule has 1 rings (SSSR count). The van der Waals surface area contributed by atoms with E-state index in [4.69, 9.17) is 0 Å². The first-order chi connectivity index (χ1) is 5.20. The van der Waals surface area contributed by atoms with Gasteiger partial charge in [-0.3, -0.25) is 0 Å². The van der Waals surface area contributed by atoms with Crippen LogP contribution in [0.1, 0.15) is 19.4 Å². The fourth-order valence-electron chi connectivity index (χ4n) is 0.476. The van der Waals surface area contributed by atoms with E-state index in [1.165, 1.54) is 6.92 Å². The molecule has 0 fully saturated rings. The summed E-state index contributed by atoms with van der Waals surface area (Å²) in [5.41, 5.74) is 0.358. The molecule has 0 amide bonds. The zero-order chi connectivity index (χ0) is 8.85. The molecular formula is C8H11F2N. The first-order valence-electron chi connectivity index (χ1n) is 3.48. The van der Waals surface area contributed by atoms with Crippen molar-refractivity contribution < 1.29 is 8.78 Å². The maximum atomic E-state index is 12.3. The molecule has 0 radical (unpaired) electrons. The highest BCUT2D eigenvalue weighted by Crippen LogP contribution is 2.03. The predicted octanol–water partition coefficient (Wildman–Crippen LogP) is 2.69. The van der Waals surface area contributed by atoms with E-state index < -0.39 is 11.8 Å². The van der Waals surface area contributed by atoms with Gasteiger partial charge in [0.05, 0.1) is 0 Å². The maximum absolute atomic E-state index is 12.3. The van der Waals surface area contributed by atoms with Gasteiger partial charge in [-0.25, -0.2) is 9.37 Å². The molecule has 0 aromatic carbocycles. The van der Waals surface area contributed by atoms with Gasteiger partial charge in [0.2, 0.25) is 5.95 Å². The Morgan fingerprint density at radius 1 is 1.27 bits per heavy atom. The van der Waals surface area contributed by atoms with Crippen LogP contribution in [0.25, 0.3) is 0 Å². The fraction of sp³-hybridized carbons (Fsp3) is 0.375. The van der Waals surface area contributed by atoms with E-state index in [1.54, 1.807) is 0 Å². The molecule has 0 aliphatic heterocycles. The van der Waals surface area contributed by atoms with Crippen molar-refractivity contribution in [3.05, 3.63) is 29.6 Å². The zero-order valence-electron chi connectivity index (χ0n) is 6.86. The Morgan fingerprint density at radius 3 is 2.18 bits per heavy atom. The van der Waals surface area contributed by atoms with Crippen LogP contribution in [0.15, 0.2) is 12.3 Å². The van der Waals surface area contributed by atoms with Crippen LogP contribution in [0.2, 0.25) is 0 Å². The van der Waals surface area contributed by atoms with Crippen LogP contribution in [0.5, 0.6) is 0 Å². The predicted molar refractivity (Wildman–Crippen MR) is 40.2 cm³/mol. The number of aromatic nitrogens is 1. The molecule has 1 aromatic rings. The largest absolute Gasteiger partial charge is 0.228 e. The lowest BCUT2D eigenvalue weighted by Crippen LogP contribution is -1.87. The van der Waals surface area contributed by atoms with Crippen LogP contribution in [0.4, 0.5) is 8.78 Å². The molecule has 0 saturated carbocycles. The van der Waals surface area contributed by atoms with E-state index in [1.807, 2.05) is 13.8 Å². The smallest absolute Gasteiger partial charge is 0.215 e. The molecule has 0 saturated heterocycles. The molecule has 0 unspecified atom stereocenters. The number of aryl methyl sites for hydroxylation is 1. The summed E-state index contributed by atoms with van der Waals surface area (Å²) in [4.78, 5) is 3.23. The first-order valence-corrected chi connectivity index (χ1v) is 3.48. The Hall–Kier alpha value is -0.990. The average molecular weight is 159 g/mol. The fourth-order valence-corrected chi connectivity index (χ4v) is 0.476. The van der Waals surface area contributed by atoms with Crippen molar-refractivity contribution in [2.45, 2.75) is 20.8 Å². The van der Waals surface area contributed by atoms with E-state index in [0.717, 1.165) is 12.3 Å². The molecule has 0 aliphatic rings. The summed E-state index contributed by atoms with van der Waals surface area (Å²) < 4.78 is 24.3. The van der Waals surface area contributed by atoms with Crippen LogP contribution in [-0.4, -0.2) is 4.98 Å². The number of pyridine rings is 1. The lowest BCUT2D eigenvalue weighted by molar-refractivity contribution is 0.547. The first kappa shape index (κ1) is 10.0. The molecule has 0 atom stereocenters. The molecule has 11 heavy (non-hydrogen) atoms. The van der Waals surface area contributed by atoms with Gasteiger partial charge in [0.1, 0.15) is 5.82 Å². The molecule has 0 bridgehead atoms. The Morgan fingerprint density at radius 2 is 1.82 bits per heavy atom. The lowest BCUT2D eigenvalue weighted by atomic mass is 10.3. The molecule has 3 heteroatoms. The van der Waals surface area contributed by atoms with Crippen molar-refractivity contribution in [3.63, 3.8) is 0 Å². The molecule has 1 aromatic heterocycles. The summed E-state index contributed by atoms with van der Waals surface area (Å²) in [6.45, 7) is 5.53. The molecule has 0 aliphatic carbocycles. The molecule has 1 nitrogen and oxygen atoms in total. The maximum Gasteiger partial charge on any atom is 0.215 e. The second-order valence-electron chi connectivity index (χ2n) is 1.76. The van der Waals surface area contributed by atoms with Crippen LogP contribution >= 0.6 is 0 Å². The Labute approximate surface area is 65.1 Å². The van der Waals surface area contributed by atoms with Crippen molar-refractivity contribution in [1.82, 2.24) is 4.98 Å². The van der Waals surface area contributed by atoms with Gasteiger partial charge in [0.25, 0.3) is 0 Å². The van der Waals surface area contributed by atoms with Crippen LogP contribution in [0, 0.1) is 18.7 Å². The molecular weight excluding hydrogens is 148 g/mol. The molecule has 1 heterocycles. The standard InChI is InChI=1S/C6H5F2N.C2H6/c1-4-3-9-6(8)2-5(4)7;1-2/h2-3H,1H3;1-2H3. The highest BCUT2D eigenvalue weighted by atomic mass is 19.1. The van der Waals surface area contributed by atoms with Gasteiger partial charge in [-0.2, -0.15) is 4.39 Å². The van der Waals surface area contributed by atoms with Crippen LogP contribution in [0.3, 0.4) is 0 Å². The highest BCUT2D eigenvalue weighted by molar-refractivity contribution is 5.09. The Bertz CT molecular complexity index is 223. The number of halogens is 2. The molecule has 0 spiro atoms. The Balaban J connectivity index is 0.000000461. The second kappa shape index (κ2) is 4.77. The third-order valence-electron chi connectivity index (χ3n) is 1.00. The lowest BCUT2D eigenvalue weighted by Gasteiger charge is -1.91. The van der Waals surface area contributed by atoms with Crippen LogP contribution < -0.4 is 0 Å². The summed E-state index contributed by atoms with van der Waals surface area (Å²) in [5, 5.41) is 0. The Kier molecular flexibility index (Phi) is 4.34.